The van der Waals surface area contributed by atoms with Crippen LogP contribution in [0.1, 0.15) is 29.4 Å². The Labute approximate surface area is 123 Å². The fourth-order valence-electron chi connectivity index (χ4n) is 2.16. The van der Waals surface area contributed by atoms with Gasteiger partial charge in [-0.15, -0.1) is 0 Å². The molecular weight excluding hydrogens is 271 g/mol. The van der Waals surface area contributed by atoms with Gasteiger partial charge in [0.25, 0.3) is 0 Å². The number of ether oxygens (including phenoxy) is 1. The summed E-state index contributed by atoms with van der Waals surface area (Å²) in [7, 11) is 1.24. The number of carbonyl (C=O) groups is 1. The number of nitrogens with one attached hydrogen (secondary N) is 1. The summed E-state index contributed by atoms with van der Waals surface area (Å²) in [5, 5.41) is 3.20. The van der Waals surface area contributed by atoms with Gasteiger partial charge in [0.1, 0.15) is 5.82 Å². The van der Waals surface area contributed by atoms with Crippen molar-refractivity contribution in [3.8, 4) is 0 Å². The minimum absolute atomic E-state index is 0.0635. The number of nitrogens with zero attached hydrogens (tertiary/aromatic N) is 1. The second-order valence-corrected chi connectivity index (χ2v) is 4.73. The van der Waals surface area contributed by atoms with E-state index in [1.54, 1.807) is 6.07 Å². The highest BCUT2D eigenvalue weighted by Gasteiger charge is 2.12. The molecule has 0 aliphatic carbocycles. The number of esters is 1. The number of rotatable bonds is 6. The Bertz CT molecular complexity index is 622. The molecule has 2 aromatic rings. The van der Waals surface area contributed by atoms with Crippen LogP contribution < -0.4 is 5.32 Å². The lowest BCUT2D eigenvalue weighted by Crippen LogP contribution is -2.09. The molecule has 0 aliphatic heterocycles. The van der Waals surface area contributed by atoms with E-state index in [9.17, 15) is 9.18 Å². The largest absolute Gasteiger partial charge is 0.465 e. The van der Waals surface area contributed by atoms with Gasteiger partial charge in [0.2, 0.25) is 0 Å². The maximum atomic E-state index is 13.6. The third kappa shape index (κ3) is 3.62. The summed E-state index contributed by atoms with van der Waals surface area (Å²) in [6.07, 6.45) is 3.09. The molecule has 0 aliphatic rings. The number of benzene rings is 1. The van der Waals surface area contributed by atoms with Gasteiger partial charge in [0.05, 0.1) is 19.2 Å². The van der Waals surface area contributed by atoms with Gasteiger partial charge in [-0.1, -0.05) is 6.92 Å². The standard InChI is InChI=1S/C16H19FN2O2/c1-3-8-19-9-4-5-13(19)11-18-12-6-7-15(17)14(10-12)16(20)21-2/h4-7,9-10,18H,3,8,11H2,1-2H3. The molecule has 1 aromatic heterocycles. The Morgan fingerprint density at radius 1 is 1.38 bits per heavy atom. The lowest BCUT2D eigenvalue weighted by Gasteiger charge is -2.11. The van der Waals surface area contributed by atoms with E-state index in [2.05, 4.69) is 21.5 Å². The molecule has 21 heavy (non-hydrogen) atoms. The average Bonchev–Trinajstić information content (AvgIpc) is 2.93. The van der Waals surface area contributed by atoms with Crippen LogP contribution in [0, 0.1) is 5.82 Å². The molecule has 2 rings (SSSR count). The smallest absolute Gasteiger partial charge is 0.340 e. The Morgan fingerprint density at radius 3 is 2.90 bits per heavy atom. The van der Waals surface area contributed by atoms with Crippen LogP contribution in [0.3, 0.4) is 0 Å². The number of hydrogen-bond acceptors (Lipinski definition) is 3. The van der Waals surface area contributed by atoms with E-state index in [1.165, 1.54) is 19.2 Å². The molecule has 1 N–H and O–H groups in total. The summed E-state index contributed by atoms with van der Waals surface area (Å²) >= 11 is 0. The predicted octanol–water partition coefficient (Wildman–Crippen LogP) is 3.44. The van der Waals surface area contributed by atoms with Gasteiger partial charge in [-0.3, -0.25) is 0 Å². The molecule has 0 saturated carbocycles. The summed E-state index contributed by atoms with van der Waals surface area (Å²) in [6.45, 7) is 3.69. The van der Waals surface area contributed by atoms with Crippen LogP contribution in [0.15, 0.2) is 36.5 Å². The van der Waals surface area contributed by atoms with Crippen molar-refractivity contribution in [2.24, 2.45) is 0 Å². The van der Waals surface area contributed by atoms with E-state index in [0.29, 0.717) is 12.2 Å². The molecule has 5 heteroatoms. The summed E-state index contributed by atoms with van der Waals surface area (Å²) in [6, 6.07) is 8.37. The normalized spacial score (nSPS) is 10.4. The van der Waals surface area contributed by atoms with Crippen molar-refractivity contribution in [1.82, 2.24) is 4.57 Å². The van der Waals surface area contributed by atoms with E-state index >= 15 is 0 Å². The van der Waals surface area contributed by atoms with Crippen molar-refractivity contribution < 1.29 is 13.9 Å². The Kier molecular flexibility index (Phi) is 4.98. The molecule has 0 radical (unpaired) electrons. The zero-order chi connectivity index (χ0) is 15.2. The monoisotopic (exact) mass is 290 g/mol. The fourth-order valence-corrected chi connectivity index (χ4v) is 2.16. The lowest BCUT2D eigenvalue weighted by molar-refractivity contribution is 0.0595. The fraction of sp³-hybridized carbons (Fsp3) is 0.312. The SMILES string of the molecule is CCCn1cccc1CNc1ccc(F)c(C(=O)OC)c1. The third-order valence-corrected chi connectivity index (χ3v) is 3.23. The van der Waals surface area contributed by atoms with Crippen LogP contribution in [-0.4, -0.2) is 17.6 Å². The second kappa shape index (κ2) is 6.92. The molecule has 0 amide bonds. The van der Waals surface area contributed by atoms with Gasteiger partial charge in [0, 0.05) is 24.1 Å². The van der Waals surface area contributed by atoms with Gasteiger partial charge in [-0.2, -0.15) is 0 Å². The number of aryl methyl sites for hydroxylation is 1. The topological polar surface area (TPSA) is 43.3 Å². The number of carbonyl (C=O) groups excluding carboxylic acids is 1. The highest BCUT2D eigenvalue weighted by atomic mass is 19.1. The first-order chi connectivity index (χ1) is 10.2. The molecule has 4 nitrogen and oxygen atoms in total. The summed E-state index contributed by atoms with van der Waals surface area (Å²) in [4.78, 5) is 11.5. The summed E-state index contributed by atoms with van der Waals surface area (Å²) < 4.78 is 20.3. The van der Waals surface area contributed by atoms with Crippen molar-refractivity contribution in [3.63, 3.8) is 0 Å². The van der Waals surface area contributed by atoms with Crippen LogP contribution in [0.4, 0.5) is 10.1 Å². The quantitative estimate of drug-likeness (QED) is 0.829. The van der Waals surface area contributed by atoms with E-state index in [1.807, 2.05) is 18.3 Å². The van der Waals surface area contributed by atoms with E-state index < -0.39 is 11.8 Å². The molecule has 0 saturated heterocycles. The lowest BCUT2D eigenvalue weighted by atomic mass is 10.2. The van der Waals surface area contributed by atoms with Crippen LogP contribution >= 0.6 is 0 Å². The zero-order valence-corrected chi connectivity index (χ0v) is 12.2. The molecule has 0 atom stereocenters. The molecule has 112 valence electrons. The van der Waals surface area contributed by atoms with Crippen molar-refractivity contribution in [3.05, 3.63) is 53.6 Å². The molecule has 0 unspecified atom stereocenters. The van der Waals surface area contributed by atoms with E-state index in [4.69, 9.17) is 0 Å². The first-order valence-electron chi connectivity index (χ1n) is 6.91. The molecule has 1 heterocycles. The second-order valence-electron chi connectivity index (χ2n) is 4.73. The van der Waals surface area contributed by atoms with Crippen molar-refractivity contribution >= 4 is 11.7 Å². The van der Waals surface area contributed by atoms with Crippen molar-refractivity contribution in [2.45, 2.75) is 26.4 Å². The molecule has 0 spiro atoms. The van der Waals surface area contributed by atoms with E-state index in [-0.39, 0.29) is 5.56 Å². The summed E-state index contributed by atoms with van der Waals surface area (Å²) in [5.41, 5.74) is 1.76. The van der Waals surface area contributed by atoms with Gasteiger partial charge in [0.15, 0.2) is 0 Å². The van der Waals surface area contributed by atoms with Gasteiger partial charge in [-0.25, -0.2) is 9.18 Å². The Hall–Kier alpha value is -2.30. The Balaban J connectivity index is 2.09. The van der Waals surface area contributed by atoms with Gasteiger partial charge < -0.3 is 14.6 Å². The molecular formula is C16H19FN2O2. The highest BCUT2D eigenvalue weighted by Crippen LogP contribution is 2.17. The first-order valence-corrected chi connectivity index (χ1v) is 6.91. The maximum Gasteiger partial charge on any atom is 0.340 e. The zero-order valence-electron chi connectivity index (χ0n) is 12.2. The average molecular weight is 290 g/mol. The van der Waals surface area contributed by atoms with Crippen molar-refractivity contribution in [2.75, 3.05) is 12.4 Å². The number of aromatic nitrogens is 1. The van der Waals surface area contributed by atoms with Crippen LogP contribution in [0.5, 0.6) is 0 Å². The molecule has 0 fully saturated rings. The van der Waals surface area contributed by atoms with Gasteiger partial charge >= 0.3 is 5.97 Å². The Morgan fingerprint density at radius 2 is 2.19 bits per heavy atom. The summed E-state index contributed by atoms with van der Waals surface area (Å²) in [5.74, 6) is -1.26. The number of hydrogen-bond donors (Lipinski definition) is 1. The van der Waals surface area contributed by atoms with Crippen LogP contribution in [-0.2, 0) is 17.8 Å². The third-order valence-electron chi connectivity index (χ3n) is 3.23. The molecule has 0 bridgehead atoms. The van der Waals surface area contributed by atoms with Crippen molar-refractivity contribution in [1.29, 1.82) is 0 Å². The van der Waals surface area contributed by atoms with Crippen LogP contribution in [0.25, 0.3) is 0 Å². The first kappa shape index (κ1) is 15.1. The number of methoxy groups -OCH3 is 1. The van der Waals surface area contributed by atoms with E-state index in [0.717, 1.165) is 18.7 Å². The van der Waals surface area contributed by atoms with Gasteiger partial charge in [-0.05, 0) is 36.8 Å². The minimum Gasteiger partial charge on any atom is -0.465 e. The van der Waals surface area contributed by atoms with Crippen LogP contribution in [0.2, 0.25) is 0 Å². The number of halogens is 1. The highest BCUT2D eigenvalue weighted by molar-refractivity contribution is 5.90. The molecule has 1 aromatic carbocycles. The minimum atomic E-state index is -0.675. The maximum absolute atomic E-state index is 13.6. The number of anilines is 1. The predicted molar refractivity (Wildman–Crippen MR) is 79.8 cm³/mol.